The molecule has 0 amide bonds. The van der Waals surface area contributed by atoms with Crippen molar-refractivity contribution in [2.45, 2.75) is 30.9 Å². The molecular formula is C12H19BrN2O3S2. The van der Waals surface area contributed by atoms with Crippen molar-refractivity contribution in [3.8, 4) is 0 Å². The Morgan fingerprint density at radius 3 is 2.95 bits per heavy atom. The van der Waals surface area contributed by atoms with Gasteiger partial charge in [0.25, 0.3) is 0 Å². The quantitative estimate of drug-likeness (QED) is 0.817. The van der Waals surface area contributed by atoms with Crippen LogP contribution in [0.15, 0.2) is 14.7 Å². The summed E-state index contributed by atoms with van der Waals surface area (Å²) >= 11 is 4.84. The van der Waals surface area contributed by atoms with Gasteiger partial charge < -0.3 is 10.1 Å². The lowest BCUT2D eigenvalue weighted by atomic mass is 10.3. The third-order valence-corrected chi connectivity index (χ3v) is 7.43. The van der Waals surface area contributed by atoms with Gasteiger partial charge in [0.15, 0.2) is 0 Å². The van der Waals surface area contributed by atoms with Gasteiger partial charge in [-0.1, -0.05) is 6.92 Å². The highest BCUT2D eigenvalue weighted by molar-refractivity contribution is 9.11. The summed E-state index contributed by atoms with van der Waals surface area (Å²) in [6.07, 6.45) is 0.755. The molecule has 8 heteroatoms. The average molecular weight is 383 g/mol. The number of sulfonamides is 1. The molecule has 0 bridgehead atoms. The van der Waals surface area contributed by atoms with Crippen LogP contribution in [0.1, 0.15) is 18.2 Å². The minimum atomic E-state index is -3.43. The predicted molar refractivity (Wildman–Crippen MR) is 83.6 cm³/mol. The van der Waals surface area contributed by atoms with Gasteiger partial charge in [-0.2, -0.15) is 4.31 Å². The van der Waals surface area contributed by atoms with Crippen LogP contribution in [0.3, 0.4) is 0 Å². The van der Waals surface area contributed by atoms with Crippen molar-refractivity contribution in [2.24, 2.45) is 0 Å². The van der Waals surface area contributed by atoms with Gasteiger partial charge in [-0.15, -0.1) is 11.3 Å². The van der Waals surface area contributed by atoms with Gasteiger partial charge in [0.2, 0.25) is 10.0 Å². The summed E-state index contributed by atoms with van der Waals surface area (Å²) in [6.45, 7) is 4.53. The topological polar surface area (TPSA) is 58.6 Å². The molecule has 1 aromatic rings. The maximum absolute atomic E-state index is 12.6. The molecule has 1 saturated heterocycles. The summed E-state index contributed by atoms with van der Waals surface area (Å²) in [5.41, 5.74) is 0. The number of rotatable bonds is 6. The highest BCUT2D eigenvalue weighted by Gasteiger charge is 2.34. The number of hydrogen-bond acceptors (Lipinski definition) is 5. The molecule has 1 unspecified atom stereocenters. The van der Waals surface area contributed by atoms with Crippen LogP contribution in [-0.2, 0) is 21.3 Å². The first-order valence-corrected chi connectivity index (χ1v) is 9.55. The molecule has 0 radical (unpaired) electrons. The number of ether oxygens (including phenoxy) is 1. The maximum Gasteiger partial charge on any atom is 0.245 e. The Morgan fingerprint density at radius 2 is 2.35 bits per heavy atom. The minimum absolute atomic E-state index is 0.00316. The number of nitrogens with zero attached hydrogens (tertiary/aromatic N) is 1. The van der Waals surface area contributed by atoms with E-state index in [1.54, 1.807) is 13.2 Å². The van der Waals surface area contributed by atoms with Crippen molar-refractivity contribution in [3.05, 3.63) is 14.7 Å². The lowest BCUT2D eigenvalue weighted by Gasteiger charge is -2.15. The van der Waals surface area contributed by atoms with Crippen LogP contribution in [0.5, 0.6) is 0 Å². The normalized spacial score (nSPS) is 20.6. The van der Waals surface area contributed by atoms with E-state index < -0.39 is 10.0 Å². The fourth-order valence-corrected chi connectivity index (χ4v) is 6.25. The van der Waals surface area contributed by atoms with Crippen molar-refractivity contribution in [2.75, 3.05) is 26.7 Å². The van der Waals surface area contributed by atoms with Crippen molar-refractivity contribution in [3.63, 3.8) is 0 Å². The summed E-state index contributed by atoms with van der Waals surface area (Å²) in [5, 5.41) is 3.20. The Balaban J connectivity index is 2.19. The molecule has 5 nitrogen and oxygen atoms in total. The second kappa shape index (κ2) is 6.85. The smallest absolute Gasteiger partial charge is 0.245 e. The zero-order valence-corrected chi connectivity index (χ0v) is 14.8. The van der Waals surface area contributed by atoms with Gasteiger partial charge >= 0.3 is 0 Å². The third kappa shape index (κ3) is 3.42. The average Bonchev–Trinajstić information content (AvgIpc) is 3.03. The summed E-state index contributed by atoms with van der Waals surface area (Å²) in [7, 11) is -1.81. The van der Waals surface area contributed by atoms with Crippen LogP contribution in [0.2, 0.25) is 0 Å². The molecule has 1 aromatic heterocycles. The molecule has 20 heavy (non-hydrogen) atoms. The van der Waals surface area contributed by atoms with Crippen molar-refractivity contribution in [1.29, 1.82) is 0 Å². The minimum Gasteiger partial charge on any atom is -0.380 e. The molecule has 0 aliphatic carbocycles. The molecule has 1 atom stereocenters. The second-order valence-corrected chi connectivity index (χ2v) is 9.00. The van der Waals surface area contributed by atoms with Gasteiger partial charge in [0.05, 0.1) is 9.89 Å². The predicted octanol–water partition coefficient (Wildman–Crippen LogP) is 2.03. The molecule has 2 heterocycles. The van der Waals surface area contributed by atoms with E-state index in [0.29, 0.717) is 28.3 Å². The highest BCUT2D eigenvalue weighted by atomic mass is 79.9. The van der Waals surface area contributed by atoms with Gasteiger partial charge in [-0.25, -0.2) is 8.42 Å². The van der Waals surface area contributed by atoms with Gasteiger partial charge in [-0.05, 0) is 35.0 Å². The van der Waals surface area contributed by atoms with Crippen LogP contribution >= 0.6 is 27.3 Å². The Hall–Kier alpha value is 0.01000. The Morgan fingerprint density at radius 1 is 1.60 bits per heavy atom. The third-order valence-electron chi connectivity index (χ3n) is 3.31. The van der Waals surface area contributed by atoms with E-state index in [-0.39, 0.29) is 6.10 Å². The van der Waals surface area contributed by atoms with E-state index in [1.807, 2.05) is 6.92 Å². The van der Waals surface area contributed by atoms with Crippen LogP contribution in [-0.4, -0.2) is 45.6 Å². The van der Waals surface area contributed by atoms with Crippen molar-refractivity contribution < 1.29 is 13.2 Å². The van der Waals surface area contributed by atoms with E-state index in [1.165, 1.54) is 15.6 Å². The van der Waals surface area contributed by atoms with E-state index in [0.717, 1.165) is 17.8 Å². The zero-order chi connectivity index (χ0) is 14.8. The zero-order valence-electron chi connectivity index (χ0n) is 11.6. The molecule has 1 aliphatic rings. The number of thiophene rings is 1. The highest BCUT2D eigenvalue weighted by Crippen LogP contribution is 2.34. The molecule has 0 spiro atoms. The number of hydrogen-bond donors (Lipinski definition) is 1. The molecule has 1 aliphatic heterocycles. The number of halogens is 1. The Kier molecular flexibility index (Phi) is 5.61. The first-order chi connectivity index (χ1) is 9.48. The fraction of sp³-hybridized carbons (Fsp3) is 0.667. The summed E-state index contributed by atoms with van der Waals surface area (Å²) in [4.78, 5) is 1.38. The van der Waals surface area contributed by atoms with Crippen molar-refractivity contribution >= 4 is 37.3 Å². The van der Waals surface area contributed by atoms with E-state index >= 15 is 0 Å². The molecule has 0 aromatic carbocycles. The van der Waals surface area contributed by atoms with E-state index in [4.69, 9.17) is 4.74 Å². The van der Waals surface area contributed by atoms with Gasteiger partial charge in [0.1, 0.15) is 4.90 Å². The first-order valence-electron chi connectivity index (χ1n) is 6.51. The molecule has 1 N–H and O–H groups in total. The molecule has 0 saturated carbocycles. The summed E-state index contributed by atoms with van der Waals surface area (Å²) in [6, 6.07) is 1.76. The van der Waals surface area contributed by atoms with E-state index in [2.05, 4.69) is 21.2 Å². The summed E-state index contributed by atoms with van der Waals surface area (Å²) < 4.78 is 32.7. The molecule has 2 rings (SSSR count). The Labute approximate surface area is 132 Å². The van der Waals surface area contributed by atoms with Crippen LogP contribution in [0, 0.1) is 0 Å². The maximum atomic E-state index is 12.6. The van der Waals surface area contributed by atoms with Crippen LogP contribution in [0.4, 0.5) is 0 Å². The van der Waals surface area contributed by atoms with E-state index in [9.17, 15) is 8.42 Å². The standard InChI is InChI=1S/C12H19BrN2O3S2/c1-3-14-7-10-6-11(12(13)19-10)20(16,17)15-5-4-9(8-15)18-2/h6,9,14H,3-5,7-8H2,1-2H3. The van der Waals surface area contributed by atoms with Crippen LogP contribution in [0.25, 0.3) is 0 Å². The molecule has 114 valence electrons. The lowest BCUT2D eigenvalue weighted by Crippen LogP contribution is -2.30. The van der Waals surface area contributed by atoms with Crippen molar-refractivity contribution in [1.82, 2.24) is 9.62 Å². The Bertz CT molecular complexity index is 559. The van der Waals surface area contributed by atoms with Crippen LogP contribution < -0.4 is 5.32 Å². The fourth-order valence-electron chi connectivity index (χ4n) is 2.16. The summed E-state index contributed by atoms with van der Waals surface area (Å²) in [5.74, 6) is 0. The monoisotopic (exact) mass is 382 g/mol. The second-order valence-electron chi connectivity index (χ2n) is 4.64. The SMILES string of the molecule is CCNCc1cc(S(=O)(=O)N2CCC(OC)C2)c(Br)s1. The lowest BCUT2D eigenvalue weighted by molar-refractivity contribution is 0.115. The van der Waals surface area contributed by atoms with Gasteiger partial charge in [-0.3, -0.25) is 0 Å². The number of nitrogens with one attached hydrogen (secondary N) is 1. The largest absolute Gasteiger partial charge is 0.380 e. The first kappa shape index (κ1) is 16.4. The van der Waals surface area contributed by atoms with Gasteiger partial charge in [0, 0.05) is 31.6 Å². The number of methoxy groups -OCH3 is 1. The molecular weight excluding hydrogens is 364 g/mol. The molecule has 1 fully saturated rings.